The van der Waals surface area contributed by atoms with E-state index in [9.17, 15) is 4.79 Å². The Kier molecular flexibility index (Phi) is 3.11. The van der Waals surface area contributed by atoms with Gasteiger partial charge < -0.3 is 0 Å². The van der Waals surface area contributed by atoms with Gasteiger partial charge in [0.15, 0.2) is 0 Å². The zero-order valence-electron chi connectivity index (χ0n) is 12.0. The van der Waals surface area contributed by atoms with Gasteiger partial charge in [-0.3, -0.25) is 4.79 Å². The van der Waals surface area contributed by atoms with E-state index in [0.717, 1.165) is 12.3 Å². The van der Waals surface area contributed by atoms with Crippen molar-refractivity contribution in [3.8, 4) is 0 Å². The number of Topliss-reactive ketones (excluding diaryl/α,β-unsaturated/α-hetero) is 1. The van der Waals surface area contributed by atoms with Gasteiger partial charge >= 0.3 is 0 Å². The molecule has 5 atom stereocenters. The van der Waals surface area contributed by atoms with Crippen molar-refractivity contribution in [2.24, 2.45) is 35.5 Å². The van der Waals surface area contributed by atoms with Crippen molar-refractivity contribution in [1.29, 1.82) is 0 Å². The Labute approximate surface area is 111 Å². The lowest BCUT2D eigenvalue weighted by atomic mass is 9.61. The van der Waals surface area contributed by atoms with Crippen LogP contribution < -0.4 is 0 Å². The maximum Gasteiger partial charge on any atom is 0.136 e. The van der Waals surface area contributed by atoms with Gasteiger partial charge in [0.2, 0.25) is 0 Å². The smallest absolute Gasteiger partial charge is 0.136 e. The second kappa shape index (κ2) is 4.51. The largest absolute Gasteiger partial charge is 0.299 e. The van der Waals surface area contributed by atoms with Crippen LogP contribution >= 0.6 is 0 Å². The molecular weight excluding hydrogens is 220 g/mol. The summed E-state index contributed by atoms with van der Waals surface area (Å²) in [6.45, 7) is 6.87. The summed E-state index contributed by atoms with van der Waals surface area (Å²) < 4.78 is 0. The van der Waals surface area contributed by atoms with Crippen molar-refractivity contribution >= 4 is 5.78 Å². The normalized spacial score (nSPS) is 43.7. The predicted molar refractivity (Wildman–Crippen MR) is 74.1 cm³/mol. The fraction of sp³-hybridized carbons (Fsp3) is 0.824. The minimum absolute atomic E-state index is 0.397. The van der Waals surface area contributed by atoms with E-state index >= 15 is 0 Å². The van der Waals surface area contributed by atoms with Crippen LogP contribution in [-0.2, 0) is 4.79 Å². The Morgan fingerprint density at radius 2 is 2.00 bits per heavy atom. The topological polar surface area (TPSA) is 17.1 Å². The molecule has 0 N–H and O–H groups in total. The molecule has 0 amide bonds. The molecule has 0 bridgehead atoms. The minimum Gasteiger partial charge on any atom is -0.299 e. The van der Waals surface area contributed by atoms with Gasteiger partial charge in [-0.1, -0.05) is 25.5 Å². The third-order valence-corrected chi connectivity index (χ3v) is 5.87. The molecular formula is C17H26O. The molecule has 1 heteroatoms. The molecule has 100 valence electrons. The average molecular weight is 246 g/mol. The monoisotopic (exact) mass is 246 g/mol. The first-order valence-electron chi connectivity index (χ1n) is 7.78. The van der Waals surface area contributed by atoms with E-state index in [0.29, 0.717) is 35.4 Å². The fourth-order valence-electron chi connectivity index (χ4n) is 4.98. The van der Waals surface area contributed by atoms with Crippen molar-refractivity contribution in [3.63, 3.8) is 0 Å². The molecule has 1 nitrogen and oxygen atoms in total. The van der Waals surface area contributed by atoms with Gasteiger partial charge in [-0.2, -0.15) is 0 Å². The molecule has 3 rings (SSSR count). The minimum atomic E-state index is 0.397. The number of fused-ring (bicyclic) bond motifs is 3. The molecule has 3 aliphatic carbocycles. The van der Waals surface area contributed by atoms with Crippen LogP contribution in [0.1, 0.15) is 52.9 Å². The molecule has 0 spiro atoms. The summed E-state index contributed by atoms with van der Waals surface area (Å²) >= 11 is 0. The number of hydrogen-bond acceptors (Lipinski definition) is 1. The summed E-state index contributed by atoms with van der Waals surface area (Å²) in [5.41, 5.74) is 1.57. The quantitative estimate of drug-likeness (QED) is 0.633. The molecule has 2 saturated carbocycles. The molecule has 3 aliphatic rings. The third kappa shape index (κ3) is 1.87. The third-order valence-electron chi connectivity index (χ3n) is 5.87. The molecule has 0 aliphatic heterocycles. The van der Waals surface area contributed by atoms with Gasteiger partial charge in [0, 0.05) is 12.3 Å². The Balaban J connectivity index is 1.89. The summed E-state index contributed by atoms with van der Waals surface area (Å²) in [5, 5.41) is 0. The van der Waals surface area contributed by atoms with Crippen LogP contribution in [0.25, 0.3) is 0 Å². The number of carbonyl (C=O) groups is 1. The van der Waals surface area contributed by atoms with Crippen LogP contribution in [0.2, 0.25) is 0 Å². The van der Waals surface area contributed by atoms with Gasteiger partial charge in [-0.15, -0.1) is 0 Å². The SMILES string of the molecule is CC1=C[C@H]2[C@@H](CC1)CC(=O)[C@@H]1[C@H]2CC[C@@H]1C(C)C. The van der Waals surface area contributed by atoms with E-state index in [2.05, 4.69) is 26.8 Å². The summed E-state index contributed by atoms with van der Waals surface area (Å²) in [5.74, 6) is 4.42. The highest BCUT2D eigenvalue weighted by Crippen LogP contribution is 2.53. The number of allylic oxidation sites excluding steroid dienone is 2. The highest BCUT2D eigenvalue weighted by molar-refractivity contribution is 5.83. The number of carbonyl (C=O) groups excluding carboxylic acids is 1. The molecule has 0 aromatic carbocycles. The molecule has 0 heterocycles. The molecule has 2 fully saturated rings. The maximum atomic E-state index is 12.5. The lowest BCUT2D eigenvalue weighted by molar-refractivity contribution is -0.131. The van der Waals surface area contributed by atoms with E-state index in [1.165, 1.54) is 25.7 Å². The molecule has 0 aromatic heterocycles. The molecule has 0 unspecified atom stereocenters. The van der Waals surface area contributed by atoms with E-state index in [1.54, 1.807) is 5.57 Å². The van der Waals surface area contributed by atoms with Crippen molar-refractivity contribution < 1.29 is 4.79 Å². The van der Waals surface area contributed by atoms with E-state index in [-0.39, 0.29) is 0 Å². The van der Waals surface area contributed by atoms with Crippen LogP contribution in [-0.4, -0.2) is 5.78 Å². The average Bonchev–Trinajstić information content (AvgIpc) is 2.76. The predicted octanol–water partition coefficient (Wildman–Crippen LogP) is 4.23. The maximum absolute atomic E-state index is 12.5. The first-order valence-corrected chi connectivity index (χ1v) is 7.78. The highest BCUT2D eigenvalue weighted by Gasteiger charge is 2.50. The number of rotatable bonds is 1. The molecule has 18 heavy (non-hydrogen) atoms. The Morgan fingerprint density at radius 1 is 1.22 bits per heavy atom. The van der Waals surface area contributed by atoms with Crippen molar-refractivity contribution in [1.82, 2.24) is 0 Å². The first-order chi connectivity index (χ1) is 8.58. The zero-order valence-corrected chi connectivity index (χ0v) is 12.0. The van der Waals surface area contributed by atoms with Crippen molar-refractivity contribution in [2.75, 3.05) is 0 Å². The second-order valence-electron chi connectivity index (χ2n) is 7.23. The highest BCUT2D eigenvalue weighted by atomic mass is 16.1. The standard InChI is InChI=1S/C17H26O/c1-10(2)13-6-7-14-15-8-11(3)4-5-12(15)9-16(18)17(13)14/h8,10,12-15,17H,4-7,9H2,1-3H3/t12-,13+,14-,15-,17-/m0/s1. The fourth-order valence-corrected chi connectivity index (χ4v) is 4.98. The van der Waals surface area contributed by atoms with Gasteiger partial charge in [0.05, 0.1) is 0 Å². The molecule has 0 saturated heterocycles. The Morgan fingerprint density at radius 3 is 2.72 bits per heavy atom. The van der Waals surface area contributed by atoms with Gasteiger partial charge in [-0.05, 0) is 62.2 Å². The molecule has 0 aromatic rings. The van der Waals surface area contributed by atoms with Gasteiger partial charge in [0.1, 0.15) is 5.78 Å². The summed E-state index contributed by atoms with van der Waals surface area (Å²) in [4.78, 5) is 12.5. The Hall–Kier alpha value is -0.590. The number of ketones is 1. The van der Waals surface area contributed by atoms with E-state index in [4.69, 9.17) is 0 Å². The molecule has 0 radical (unpaired) electrons. The van der Waals surface area contributed by atoms with Crippen LogP contribution in [0.5, 0.6) is 0 Å². The summed E-state index contributed by atoms with van der Waals surface area (Å²) in [6, 6.07) is 0. The van der Waals surface area contributed by atoms with Crippen LogP contribution in [0, 0.1) is 35.5 Å². The summed E-state index contributed by atoms with van der Waals surface area (Å²) in [7, 11) is 0. The van der Waals surface area contributed by atoms with Crippen LogP contribution in [0.3, 0.4) is 0 Å². The number of hydrogen-bond donors (Lipinski definition) is 0. The van der Waals surface area contributed by atoms with Crippen LogP contribution in [0.4, 0.5) is 0 Å². The second-order valence-corrected chi connectivity index (χ2v) is 7.23. The van der Waals surface area contributed by atoms with E-state index in [1.807, 2.05) is 0 Å². The Bertz CT molecular complexity index is 379. The van der Waals surface area contributed by atoms with Gasteiger partial charge in [0.25, 0.3) is 0 Å². The lowest BCUT2D eigenvalue weighted by Crippen LogP contribution is -2.41. The van der Waals surface area contributed by atoms with Crippen molar-refractivity contribution in [2.45, 2.75) is 52.9 Å². The van der Waals surface area contributed by atoms with Gasteiger partial charge in [-0.25, -0.2) is 0 Å². The summed E-state index contributed by atoms with van der Waals surface area (Å²) in [6.07, 6.45) is 8.46. The van der Waals surface area contributed by atoms with E-state index < -0.39 is 0 Å². The van der Waals surface area contributed by atoms with Crippen LogP contribution in [0.15, 0.2) is 11.6 Å². The zero-order chi connectivity index (χ0) is 12.9. The first kappa shape index (κ1) is 12.4. The lowest BCUT2D eigenvalue weighted by Gasteiger charge is -2.42. The van der Waals surface area contributed by atoms with Crippen molar-refractivity contribution in [3.05, 3.63) is 11.6 Å².